The van der Waals surface area contributed by atoms with Crippen molar-refractivity contribution in [2.45, 2.75) is 140 Å². The molecule has 304 valence electrons. The van der Waals surface area contributed by atoms with Crippen LogP contribution in [0.5, 0.6) is 0 Å². The molecule has 2 aliphatic carbocycles. The Labute approximate surface area is 331 Å². The molecule has 0 bridgehead atoms. The van der Waals surface area contributed by atoms with E-state index in [-0.39, 0.29) is 43.7 Å². The van der Waals surface area contributed by atoms with Crippen molar-refractivity contribution in [1.29, 1.82) is 0 Å². The van der Waals surface area contributed by atoms with Gasteiger partial charge < -0.3 is 31.3 Å². The van der Waals surface area contributed by atoms with Crippen LogP contribution in [-0.2, 0) is 40.1 Å². The number of rotatable bonds is 20. The van der Waals surface area contributed by atoms with Gasteiger partial charge in [0.2, 0.25) is 29.4 Å². The molecule has 5 rings (SSSR count). The molecule has 12 nitrogen and oxygen atoms in total. The number of benzene rings is 2. The van der Waals surface area contributed by atoms with Crippen molar-refractivity contribution in [3.63, 3.8) is 0 Å². The Morgan fingerprint density at radius 2 is 1.50 bits per heavy atom. The zero-order valence-corrected chi connectivity index (χ0v) is 32.9. The van der Waals surface area contributed by atoms with Crippen molar-refractivity contribution in [2.24, 2.45) is 17.6 Å². The molecule has 3 fully saturated rings. The van der Waals surface area contributed by atoms with E-state index in [1.165, 1.54) is 4.90 Å². The molecular weight excluding hydrogens is 711 g/mol. The van der Waals surface area contributed by atoms with Crippen LogP contribution in [-0.4, -0.2) is 77.5 Å². The lowest BCUT2D eigenvalue weighted by Gasteiger charge is -2.35. The molecule has 2 unspecified atom stereocenters. The summed E-state index contributed by atoms with van der Waals surface area (Å²) in [5.41, 5.74) is 7.39. The maximum absolute atomic E-state index is 14.6. The second-order valence-corrected chi connectivity index (χ2v) is 15.9. The number of primary amides is 1. The van der Waals surface area contributed by atoms with E-state index in [4.69, 9.17) is 10.5 Å². The van der Waals surface area contributed by atoms with Crippen LogP contribution >= 0.6 is 0 Å². The molecule has 0 aromatic heterocycles. The van der Waals surface area contributed by atoms with Crippen molar-refractivity contribution in [1.82, 2.24) is 20.9 Å². The number of nitrogens with one attached hydrogen (secondary N) is 3. The Balaban J connectivity index is 1.26. The first-order valence-electron chi connectivity index (χ1n) is 20.9. The van der Waals surface area contributed by atoms with Gasteiger partial charge in [-0.05, 0) is 67.9 Å². The molecule has 12 heteroatoms. The van der Waals surface area contributed by atoms with Crippen LogP contribution in [0.3, 0.4) is 0 Å². The number of likely N-dealkylation sites (tertiary alicyclic amines) is 1. The van der Waals surface area contributed by atoms with Crippen molar-refractivity contribution < 1.29 is 33.5 Å². The Morgan fingerprint density at radius 1 is 0.839 bits per heavy atom. The molecule has 3 aliphatic rings. The smallest absolute Gasteiger partial charge is 0.289 e. The summed E-state index contributed by atoms with van der Waals surface area (Å²) >= 11 is 0. The number of hydrogen-bond acceptors (Lipinski definition) is 7. The second kappa shape index (κ2) is 21.6. The summed E-state index contributed by atoms with van der Waals surface area (Å²) in [6.45, 7) is 2.47. The van der Waals surface area contributed by atoms with Gasteiger partial charge in [0, 0.05) is 25.9 Å². The highest BCUT2D eigenvalue weighted by Gasteiger charge is 2.45. The average Bonchev–Trinajstić information content (AvgIpc) is 3.90. The lowest BCUT2D eigenvalue weighted by molar-refractivity contribution is -0.144. The zero-order chi connectivity index (χ0) is 39.9. The third-order valence-corrected chi connectivity index (χ3v) is 11.8. The molecule has 5 atom stereocenters. The van der Waals surface area contributed by atoms with E-state index >= 15 is 0 Å². The van der Waals surface area contributed by atoms with Gasteiger partial charge in [0.1, 0.15) is 12.1 Å². The summed E-state index contributed by atoms with van der Waals surface area (Å²) in [6, 6.07) is 16.0. The van der Waals surface area contributed by atoms with Crippen LogP contribution in [0.1, 0.15) is 120 Å². The van der Waals surface area contributed by atoms with Gasteiger partial charge in [-0.25, -0.2) is 0 Å². The van der Waals surface area contributed by atoms with Gasteiger partial charge in [-0.15, -0.1) is 0 Å². The molecule has 1 saturated heterocycles. The fourth-order valence-corrected chi connectivity index (χ4v) is 8.67. The standard InChI is InChI=1S/C44H61N5O7/c1-2-15-36(40(51)43(54)46-25-14-24-35(41(45)52)32-20-8-4-9-21-32)47-42(53)37-27-34(56-29-31-18-6-3-7-19-31)28-49(37)44(55)39(33-22-10-5-11-23-33)48-38(50)26-30-16-12-13-17-30/h3-4,6-9,18-21,30,33-37,39H,2,5,10-17,22-29H2,1H3,(H2,45,52)(H,46,54)(H,47,53)(H,48,50)/t34-,35?,36?,37+,39+/m1/s1. The van der Waals surface area contributed by atoms with Crippen LogP contribution < -0.4 is 21.7 Å². The lowest BCUT2D eigenvalue weighted by Crippen LogP contribution is -2.58. The van der Waals surface area contributed by atoms with Gasteiger partial charge in [-0.1, -0.05) is 106 Å². The van der Waals surface area contributed by atoms with Crippen LogP contribution in [0, 0.1) is 11.8 Å². The maximum atomic E-state index is 14.6. The second-order valence-electron chi connectivity index (χ2n) is 15.9. The lowest BCUT2D eigenvalue weighted by atomic mass is 9.83. The predicted molar refractivity (Wildman–Crippen MR) is 213 cm³/mol. The number of carbonyl (C=O) groups excluding carboxylic acids is 6. The molecule has 2 saturated carbocycles. The van der Waals surface area contributed by atoms with Crippen molar-refractivity contribution in [3.8, 4) is 0 Å². The Kier molecular flexibility index (Phi) is 16.5. The molecule has 56 heavy (non-hydrogen) atoms. The largest absolute Gasteiger partial charge is 0.372 e. The summed E-state index contributed by atoms with van der Waals surface area (Å²) in [6.07, 6.45) is 10.6. The highest BCUT2D eigenvalue weighted by Crippen LogP contribution is 2.32. The van der Waals surface area contributed by atoms with Crippen molar-refractivity contribution in [3.05, 3.63) is 71.8 Å². The minimum Gasteiger partial charge on any atom is -0.372 e. The third kappa shape index (κ3) is 12.2. The summed E-state index contributed by atoms with van der Waals surface area (Å²) < 4.78 is 6.28. The number of Topliss-reactive ketones (excluding diaryl/α,β-unsaturated/α-hetero) is 1. The van der Waals surface area contributed by atoms with Crippen LogP contribution in [0.2, 0.25) is 0 Å². The van der Waals surface area contributed by atoms with E-state index in [0.29, 0.717) is 38.2 Å². The molecular formula is C44H61N5O7. The zero-order valence-electron chi connectivity index (χ0n) is 32.9. The number of ether oxygens (including phenoxy) is 1. The van der Waals surface area contributed by atoms with Gasteiger partial charge in [0.15, 0.2) is 0 Å². The monoisotopic (exact) mass is 771 g/mol. The van der Waals surface area contributed by atoms with Crippen LogP contribution in [0.15, 0.2) is 60.7 Å². The SMILES string of the molecule is CCCC(NC(=O)[C@@H]1C[C@@H](OCc2ccccc2)CN1C(=O)[C@@H](NC(=O)CC1CCCC1)C1CCCCC1)C(=O)C(=O)NCCCC(C(N)=O)c1ccccc1. The number of nitrogens with zero attached hydrogens (tertiary/aromatic N) is 1. The van der Waals surface area contributed by atoms with Gasteiger partial charge in [-0.2, -0.15) is 0 Å². The number of carbonyl (C=O) groups is 6. The molecule has 5 N–H and O–H groups in total. The number of ketones is 1. The summed E-state index contributed by atoms with van der Waals surface area (Å²) in [4.78, 5) is 82.5. The van der Waals surface area contributed by atoms with E-state index < -0.39 is 53.7 Å². The van der Waals surface area contributed by atoms with Gasteiger partial charge in [0.05, 0.1) is 24.7 Å². The predicted octanol–water partition coefficient (Wildman–Crippen LogP) is 4.84. The first kappa shape index (κ1) is 42.6. The first-order valence-corrected chi connectivity index (χ1v) is 20.9. The normalized spacial score (nSPS) is 20.5. The molecule has 0 spiro atoms. The van der Waals surface area contributed by atoms with E-state index in [9.17, 15) is 28.8 Å². The van der Waals surface area contributed by atoms with E-state index in [0.717, 1.165) is 68.9 Å². The van der Waals surface area contributed by atoms with E-state index in [1.807, 2.05) is 67.6 Å². The highest BCUT2D eigenvalue weighted by molar-refractivity contribution is 6.38. The highest BCUT2D eigenvalue weighted by atomic mass is 16.5. The van der Waals surface area contributed by atoms with E-state index in [1.54, 1.807) is 0 Å². The Morgan fingerprint density at radius 3 is 2.16 bits per heavy atom. The first-order chi connectivity index (χ1) is 27.1. The molecule has 2 aromatic rings. The number of amides is 5. The number of hydrogen-bond donors (Lipinski definition) is 4. The fraction of sp³-hybridized carbons (Fsp3) is 0.591. The molecule has 2 aromatic carbocycles. The third-order valence-electron chi connectivity index (χ3n) is 11.8. The topological polar surface area (TPSA) is 177 Å². The molecule has 0 radical (unpaired) electrons. The van der Waals surface area contributed by atoms with Crippen LogP contribution in [0.4, 0.5) is 0 Å². The number of nitrogens with two attached hydrogens (primary N) is 1. The molecule has 5 amide bonds. The Bertz CT molecular complexity index is 1610. The van der Waals surface area contributed by atoms with Gasteiger partial charge in [-0.3, -0.25) is 28.8 Å². The quantitative estimate of drug-likeness (QED) is 0.110. The van der Waals surface area contributed by atoms with Gasteiger partial charge >= 0.3 is 0 Å². The maximum Gasteiger partial charge on any atom is 0.289 e. The minimum absolute atomic E-state index is 0.0409. The van der Waals surface area contributed by atoms with E-state index in [2.05, 4.69) is 16.0 Å². The van der Waals surface area contributed by atoms with Crippen LogP contribution in [0.25, 0.3) is 0 Å². The van der Waals surface area contributed by atoms with Gasteiger partial charge in [0.25, 0.3) is 5.91 Å². The summed E-state index contributed by atoms with van der Waals surface area (Å²) in [5, 5.41) is 8.61. The Hall–Kier alpha value is -4.58. The average molecular weight is 772 g/mol. The molecule has 1 heterocycles. The molecule has 1 aliphatic heterocycles. The summed E-state index contributed by atoms with van der Waals surface area (Å²) in [5.74, 6) is -3.26. The minimum atomic E-state index is -1.10. The van der Waals surface area contributed by atoms with Crippen molar-refractivity contribution in [2.75, 3.05) is 13.1 Å². The van der Waals surface area contributed by atoms with Crippen molar-refractivity contribution >= 4 is 35.3 Å². The summed E-state index contributed by atoms with van der Waals surface area (Å²) in [7, 11) is 0. The fourth-order valence-electron chi connectivity index (χ4n) is 8.67.